The Morgan fingerprint density at radius 3 is 2.72 bits per heavy atom. The third kappa shape index (κ3) is 3.17. The van der Waals surface area contributed by atoms with Crippen LogP contribution < -0.4 is 16.7 Å². The monoisotopic (exact) mass is 386 g/mol. The maximum atomic E-state index is 13.3. The van der Waals surface area contributed by atoms with Gasteiger partial charge in [0.2, 0.25) is 0 Å². The number of nitrogen functional groups attached to an aromatic ring is 1. The van der Waals surface area contributed by atoms with E-state index in [-0.39, 0.29) is 22.9 Å². The van der Waals surface area contributed by atoms with Gasteiger partial charge < -0.3 is 11.1 Å². The van der Waals surface area contributed by atoms with E-state index < -0.39 is 6.04 Å². The number of nitrogens with two attached hydrogens (primary N) is 1. The number of aryl methyl sites for hydroxylation is 1. The predicted molar refractivity (Wildman–Crippen MR) is 109 cm³/mol. The van der Waals surface area contributed by atoms with Crippen molar-refractivity contribution in [3.8, 4) is 11.8 Å². The second-order valence-electron chi connectivity index (χ2n) is 6.63. The van der Waals surface area contributed by atoms with Gasteiger partial charge in [0.05, 0.1) is 11.7 Å². The molecule has 0 aliphatic carbocycles. The summed E-state index contributed by atoms with van der Waals surface area (Å²) in [6.45, 7) is 3.75. The quantitative estimate of drug-likeness (QED) is 0.550. The normalized spacial score (nSPS) is 11.9. The zero-order chi connectivity index (χ0) is 20.5. The standard InChI is InChI=1S/C20H18N8O/c1-12-8-16-26-19(13(2)25-18-15(9-21)17(22)23-11-24-18)28(20(29)27(16)10-12)14-6-4-3-5-7-14/h3-8,10-11,13H,1-2H3,(H3,22,23,24,25). The molecule has 0 amide bonds. The molecule has 3 heterocycles. The number of benzene rings is 1. The lowest BCUT2D eigenvalue weighted by atomic mass is 10.2. The molecule has 144 valence electrons. The van der Waals surface area contributed by atoms with Crippen LogP contribution in [0.5, 0.6) is 0 Å². The van der Waals surface area contributed by atoms with Gasteiger partial charge >= 0.3 is 5.69 Å². The lowest BCUT2D eigenvalue weighted by molar-refractivity contribution is 0.694. The van der Waals surface area contributed by atoms with E-state index >= 15 is 0 Å². The second kappa shape index (κ2) is 7.09. The first-order valence-electron chi connectivity index (χ1n) is 8.93. The number of fused-ring (bicyclic) bond motifs is 1. The SMILES string of the molecule is Cc1cc2nc(C(C)Nc3ncnc(N)c3C#N)n(-c3ccccc3)c(=O)n2c1. The number of hydrogen-bond acceptors (Lipinski definition) is 7. The topological polar surface area (TPSA) is 127 Å². The summed E-state index contributed by atoms with van der Waals surface area (Å²) in [6.07, 6.45) is 3.04. The van der Waals surface area contributed by atoms with Gasteiger partial charge in [-0.25, -0.2) is 24.3 Å². The molecule has 0 aliphatic heterocycles. The molecule has 1 aromatic carbocycles. The minimum Gasteiger partial charge on any atom is -0.382 e. The van der Waals surface area contributed by atoms with Crippen molar-refractivity contribution in [1.82, 2.24) is 23.9 Å². The number of para-hydroxylation sites is 1. The minimum atomic E-state index is -0.454. The van der Waals surface area contributed by atoms with Crippen LogP contribution in [0.2, 0.25) is 0 Å². The Balaban J connectivity index is 1.90. The highest BCUT2D eigenvalue weighted by atomic mass is 16.1. The fourth-order valence-electron chi connectivity index (χ4n) is 3.19. The number of nitriles is 1. The van der Waals surface area contributed by atoms with Crippen LogP contribution in [0, 0.1) is 18.3 Å². The van der Waals surface area contributed by atoms with Crippen LogP contribution in [0.25, 0.3) is 11.3 Å². The first-order valence-corrected chi connectivity index (χ1v) is 8.93. The molecule has 9 nitrogen and oxygen atoms in total. The Hall–Kier alpha value is -4.19. The zero-order valence-corrected chi connectivity index (χ0v) is 15.9. The van der Waals surface area contributed by atoms with E-state index in [9.17, 15) is 10.1 Å². The minimum absolute atomic E-state index is 0.0864. The van der Waals surface area contributed by atoms with E-state index in [1.807, 2.05) is 56.3 Å². The number of hydrogen-bond donors (Lipinski definition) is 2. The van der Waals surface area contributed by atoms with Gasteiger partial charge in [-0.15, -0.1) is 0 Å². The van der Waals surface area contributed by atoms with Gasteiger partial charge in [-0.1, -0.05) is 18.2 Å². The van der Waals surface area contributed by atoms with Gasteiger partial charge in [0.15, 0.2) is 0 Å². The van der Waals surface area contributed by atoms with E-state index in [2.05, 4.69) is 15.3 Å². The molecular weight excluding hydrogens is 368 g/mol. The summed E-state index contributed by atoms with van der Waals surface area (Å²) in [7, 11) is 0. The summed E-state index contributed by atoms with van der Waals surface area (Å²) < 4.78 is 3.06. The number of nitrogens with zero attached hydrogens (tertiary/aromatic N) is 6. The van der Waals surface area contributed by atoms with Gasteiger partial charge in [0, 0.05) is 6.20 Å². The lowest BCUT2D eigenvalue weighted by Gasteiger charge is -2.20. The summed E-state index contributed by atoms with van der Waals surface area (Å²) in [5.41, 5.74) is 7.86. The van der Waals surface area contributed by atoms with Gasteiger partial charge in [-0.3, -0.25) is 4.40 Å². The van der Waals surface area contributed by atoms with Crippen LogP contribution in [0.1, 0.15) is 29.9 Å². The van der Waals surface area contributed by atoms with Crippen LogP contribution >= 0.6 is 0 Å². The van der Waals surface area contributed by atoms with Crippen molar-refractivity contribution in [1.29, 1.82) is 5.26 Å². The van der Waals surface area contributed by atoms with Gasteiger partial charge in [-0.2, -0.15) is 5.26 Å². The summed E-state index contributed by atoms with van der Waals surface area (Å²) in [4.78, 5) is 25.9. The van der Waals surface area contributed by atoms with E-state index in [1.165, 1.54) is 10.7 Å². The maximum Gasteiger partial charge on any atom is 0.339 e. The molecule has 0 spiro atoms. The third-order valence-corrected chi connectivity index (χ3v) is 4.54. The molecule has 4 rings (SSSR count). The molecule has 3 aromatic heterocycles. The van der Waals surface area contributed by atoms with Gasteiger partial charge in [0.1, 0.15) is 41.1 Å². The average Bonchev–Trinajstić information content (AvgIpc) is 3.09. The molecule has 0 bridgehead atoms. The summed E-state index contributed by atoms with van der Waals surface area (Å²) in [5.74, 6) is 0.851. The van der Waals surface area contributed by atoms with E-state index in [0.29, 0.717) is 17.2 Å². The van der Waals surface area contributed by atoms with E-state index in [1.54, 1.807) is 10.8 Å². The molecule has 0 radical (unpaired) electrons. The smallest absolute Gasteiger partial charge is 0.339 e. The average molecular weight is 386 g/mol. The zero-order valence-electron chi connectivity index (χ0n) is 15.9. The van der Waals surface area contributed by atoms with Crippen LogP contribution in [-0.2, 0) is 0 Å². The van der Waals surface area contributed by atoms with Crippen LogP contribution in [0.4, 0.5) is 11.6 Å². The van der Waals surface area contributed by atoms with Crippen molar-refractivity contribution in [3.63, 3.8) is 0 Å². The molecule has 3 N–H and O–H groups in total. The van der Waals surface area contributed by atoms with Crippen molar-refractivity contribution in [2.75, 3.05) is 11.1 Å². The number of anilines is 2. The largest absolute Gasteiger partial charge is 0.382 e. The molecule has 29 heavy (non-hydrogen) atoms. The van der Waals surface area contributed by atoms with Crippen molar-refractivity contribution >= 4 is 17.3 Å². The van der Waals surface area contributed by atoms with Crippen LogP contribution in [0.3, 0.4) is 0 Å². The van der Waals surface area contributed by atoms with E-state index in [0.717, 1.165) is 5.56 Å². The van der Waals surface area contributed by atoms with Crippen molar-refractivity contribution in [2.45, 2.75) is 19.9 Å². The Morgan fingerprint density at radius 1 is 1.24 bits per heavy atom. The van der Waals surface area contributed by atoms with Crippen molar-refractivity contribution < 1.29 is 0 Å². The Morgan fingerprint density at radius 2 is 2.00 bits per heavy atom. The summed E-state index contributed by atoms with van der Waals surface area (Å²) in [5, 5.41) is 12.5. The Bertz CT molecular complexity index is 1300. The molecule has 0 saturated carbocycles. The summed E-state index contributed by atoms with van der Waals surface area (Å²) in [6, 6.07) is 12.7. The van der Waals surface area contributed by atoms with Gasteiger partial charge in [-0.05, 0) is 37.6 Å². The maximum absolute atomic E-state index is 13.3. The highest BCUT2D eigenvalue weighted by molar-refractivity contribution is 5.62. The predicted octanol–water partition coefficient (Wildman–Crippen LogP) is 2.21. The van der Waals surface area contributed by atoms with Crippen molar-refractivity contribution in [3.05, 3.63) is 76.4 Å². The highest BCUT2D eigenvalue weighted by Gasteiger charge is 2.20. The number of nitrogens with one attached hydrogen (secondary N) is 1. The van der Waals surface area contributed by atoms with Crippen LogP contribution in [0.15, 0.2) is 53.7 Å². The fraction of sp³-hybridized carbons (Fsp3) is 0.150. The fourth-order valence-corrected chi connectivity index (χ4v) is 3.19. The highest BCUT2D eigenvalue weighted by Crippen LogP contribution is 2.23. The molecule has 1 unspecified atom stereocenters. The van der Waals surface area contributed by atoms with Crippen molar-refractivity contribution in [2.24, 2.45) is 0 Å². The van der Waals surface area contributed by atoms with Crippen LogP contribution in [-0.4, -0.2) is 23.9 Å². The molecular formula is C20H18N8O. The Labute approximate surface area is 166 Å². The molecule has 0 aliphatic rings. The molecule has 9 heteroatoms. The number of rotatable bonds is 4. The lowest BCUT2D eigenvalue weighted by Crippen LogP contribution is -2.31. The van der Waals surface area contributed by atoms with E-state index in [4.69, 9.17) is 10.7 Å². The molecule has 4 aromatic rings. The Kier molecular flexibility index (Phi) is 4.44. The molecule has 0 saturated heterocycles. The third-order valence-electron chi connectivity index (χ3n) is 4.54. The first-order chi connectivity index (χ1) is 14.0. The molecule has 0 fully saturated rings. The van der Waals surface area contributed by atoms with Gasteiger partial charge in [0.25, 0.3) is 0 Å². The first kappa shape index (κ1) is 18.2. The summed E-state index contributed by atoms with van der Waals surface area (Å²) >= 11 is 0. The number of aromatic nitrogens is 5. The second-order valence-corrected chi connectivity index (χ2v) is 6.63. The molecule has 1 atom stereocenters.